The zero-order valence-corrected chi connectivity index (χ0v) is 6.86. The molecule has 0 aliphatic carbocycles. The van der Waals surface area contributed by atoms with Crippen molar-refractivity contribution >= 4 is 0 Å². The highest BCUT2D eigenvalue weighted by atomic mass is 19.4. The van der Waals surface area contributed by atoms with Gasteiger partial charge in [0.05, 0.1) is 12.1 Å². The molecule has 0 aromatic carbocycles. The maximum Gasteiger partial charge on any atom is 0.401 e. The van der Waals surface area contributed by atoms with Gasteiger partial charge in [0.2, 0.25) is 0 Å². The quantitative estimate of drug-likeness (QED) is 0.655. The molecular weight excluding hydrogens is 171 g/mol. The van der Waals surface area contributed by atoms with E-state index in [1.807, 2.05) is 0 Å². The Hall–Kier alpha value is -0.290. The predicted octanol–water partition coefficient (Wildman–Crippen LogP) is 1.01. The fourth-order valence-corrected chi connectivity index (χ4v) is 1.43. The van der Waals surface area contributed by atoms with Gasteiger partial charge in [0.25, 0.3) is 0 Å². The highest BCUT2D eigenvalue weighted by Crippen LogP contribution is 2.24. The number of alkyl halides is 3. The van der Waals surface area contributed by atoms with Gasteiger partial charge < -0.3 is 5.11 Å². The monoisotopic (exact) mass is 183 g/mol. The van der Waals surface area contributed by atoms with E-state index in [0.717, 1.165) is 0 Å². The minimum Gasteiger partial charge on any atom is -0.389 e. The molecule has 2 nitrogen and oxygen atoms in total. The van der Waals surface area contributed by atoms with Gasteiger partial charge in [-0.2, -0.15) is 13.2 Å². The number of aliphatic hydroxyl groups is 1. The molecule has 1 rings (SSSR count). The Morgan fingerprint density at radius 2 is 2.08 bits per heavy atom. The van der Waals surface area contributed by atoms with E-state index in [4.69, 9.17) is 0 Å². The second-order valence-corrected chi connectivity index (χ2v) is 3.57. The van der Waals surface area contributed by atoms with E-state index in [1.165, 1.54) is 4.90 Å². The summed E-state index contributed by atoms with van der Waals surface area (Å²) in [5, 5.41) is 9.35. The molecule has 1 fully saturated rings. The number of hydrogen-bond donors (Lipinski definition) is 1. The number of β-amino-alcohol motifs (C(OH)–C–C–N with tert-alkyl or cyclic N) is 1. The summed E-state index contributed by atoms with van der Waals surface area (Å²) in [5.41, 5.74) is -0.939. The highest BCUT2D eigenvalue weighted by molar-refractivity contribution is 4.86. The van der Waals surface area contributed by atoms with Gasteiger partial charge in [-0.05, 0) is 13.3 Å². The Kier molecular flexibility index (Phi) is 2.35. The summed E-state index contributed by atoms with van der Waals surface area (Å²) in [6.07, 6.45) is -3.73. The smallest absolute Gasteiger partial charge is 0.389 e. The standard InChI is InChI=1S/C7H12F3NO/c1-6(12)2-3-11(4-6)5-7(8,9)10/h12H,2-5H2,1H3. The van der Waals surface area contributed by atoms with Crippen LogP contribution in [0.4, 0.5) is 13.2 Å². The zero-order valence-electron chi connectivity index (χ0n) is 6.86. The van der Waals surface area contributed by atoms with Crippen LogP contribution in [-0.2, 0) is 0 Å². The molecule has 5 heteroatoms. The Balaban J connectivity index is 2.39. The first kappa shape index (κ1) is 9.80. The molecule has 0 saturated carbocycles. The fourth-order valence-electron chi connectivity index (χ4n) is 1.43. The third-order valence-corrected chi connectivity index (χ3v) is 1.93. The molecule has 1 unspecified atom stereocenters. The van der Waals surface area contributed by atoms with Gasteiger partial charge >= 0.3 is 6.18 Å². The van der Waals surface area contributed by atoms with Gasteiger partial charge in [-0.25, -0.2) is 0 Å². The summed E-state index contributed by atoms with van der Waals surface area (Å²) in [7, 11) is 0. The Morgan fingerprint density at radius 1 is 1.50 bits per heavy atom. The van der Waals surface area contributed by atoms with E-state index in [9.17, 15) is 18.3 Å². The molecule has 1 saturated heterocycles. The van der Waals surface area contributed by atoms with E-state index in [2.05, 4.69) is 0 Å². The number of hydrogen-bond acceptors (Lipinski definition) is 2. The van der Waals surface area contributed by atoms with Gasteiger partial charge in [0.15, 0.2) is 0 Å². The van der Waals surface area contributed by atoms with Crippen LogP contribution >= 0.6 is 0 Å². The molecule has 1 atom stereocenters. The lowest BCUT2D eigenvalue weighted by Gasteiger charge is -2.19. The average molecular weight is 183 g/mol. The topological polar surface area (TPSA) is 23.5 Å². The normalized spacial score (nSPS) is 32.8. The molecule has 0 spiro atoms. The zero-order chi connectivity index (χ0) is 9.41. The van der Waals surface area contributed by atoms with Crippen molar-refractivity contribution in [2.45, 2.75) is 25.1 Å². The molecule has 1 heterocycles. The first-order chi connectivity index (χ1) is 5.29. The molecule has 0 bridgehead atoms. The Labute approximate surface area is 69.0 Å². The number of halogens is 3. The molecule has 0 amide bonds. The van der Waals surface area contributed by atoms with Crippen molar-refractivity contribution in [1.29, 1.82) is 0 Å². The summed E-state index contributed by atoms with van der Waals surface area (Å²) in [5.74, 6) is 0. The minimum absolute atomic E-state index is 0.118. The lowest BCUT2D eigenvalue weighted by molar-refractivity contribution is -0.145. The van der Waals surface area contributed by atoms with Crippen molar-refractivity contribution in [3.63, 3.8) is 0 Å². The van der Waals surface area contributed by atoms with Crippen LogP contribution in [0.2, 0.25) is 0 Å². The van der Waals surface area contributed by atoms with Crippen molar-refractivity contribution in [2.75, 3.05) is 19.6 Å². The van der Waals surface area contributed by atoms with E-state index in [1.54, 1.807) is 6.92 Å². The third-order valence-electron chi connectivity index (χ3n) is 1.93. The van der Waals surface area contributed by atoms with Crippen molar-refractivity contribution in [3.8, 4) is 0 Å². The van der Waals surface area contributed by atoms with Crippen molar-refractivity contribution in [2.24, 2.45) is 0 Å². The van der Waals surface area contributed by atoms with Crippen molar-refractivity contribution in [3.05, 3.63) is 0 Å². The predicted molar refractivity (Wildman–Crippen MR) is 37.7 cm³/mol. The molecule has 0 radical (unpaired) electrons. The summed E-state index contributed by atoms with van der Waals surface area (Å²) in [4.78, 5) is 1.22. The molecule has 0 aromatic rings. The second kappa shape index (κ2) is 2.88. The highest BCUT2D eigenvalue weighted by Gasteiger charge is 2.38. The number of rotatable bonds is 1. The first-order valence-electron chi connectivity index (χ1n) is 3.80. The van der Waals surface area contributed by atoms with E-state index in [0.29, 0.717) is 13.0 Å². The van der Waals surface area contributed by atoms with E-state index in [-0.39, 0.29) is 6.54 Å². The van der Waals surface area contributed by atoms with Crippen LogP contribution in [0.3, 0.4) is 0 Å². The first-order valence-corrected chi connectivity index (χ1v) is 3.80. The molecule has 0 aromatic heterocycles. The lowest BCUT2D eigenvalue weighted by Crippen LogP contribution is -2.35. The van der Waals surface area contributed by atoms with Crippen molar-refractivity contribution in [1.82, 2.24) is 4.90 Å². The van der Waals surface area contributed by atoms with Crippen molar-refractivity contribution < 1.29 is 18.3 Å². The van der Waals surface area contributed by atoms with Gasteiger partial charge in [0, 0.05) is 13.1 Å². The van der Waals surface area contributed by atoms with Crippen LogP contribution in [0.25, 0.3) is 0 Å². The molecule has 1 aliphatic rings. The number of likely N-dealkylation sites (tertiary alicyclic amines) is 1. The molecule has 72 valence electrons. The maximum absolute atomic E-state index is 11.8. The summed E-state index contributed by atoms with van der Waals surface area (Å²) < 4.78 is 35.5. The molecule has 12 heavy (non-hydrogen) atoms. The van der Waals surface area contributed by atoms with Gasteiger partial charge in [-0.1, -0.05) is 0 Å². The van der Waals surface area contributed by atoms with Crippen LogP contribution in [0.1, 0.15) is 13.3 Å². The lowest BCUT2D eigenvalue weighted by atomic mass is 10.1. The number of nitrogens with zero attached hydrogens (tertiary/aromatic N) is 1. The van der Waals surface area contributed by atoms with Crippen LogP contribution in [-0.4, -0.2) is 41.4 Å². The largest absolute Gasteiger partial charge is 0.401 e. The van der Waals surface area contributed by atoms with Crippen LogP contribution < -0.4 is 0 Å². The van der Waals surface area contributed by atoms with E-state index >= 15 is 0 Å². The van der Waals surface area contributed by atoms with Crippen LogP contribution in [0.15, 0.2) is 0 Å². The molecule has 1 N–H and O–H groups in total. The van der Waals surface area contributed by atoms with E-state index < -0.39 is 18.3 Å². The molecular formula is C7H12F3NO. The van der Waals surface area contributed by atoms with Gasteiger partial charge in [-0.3, -0.25) is 4.90 Å². The van der Waals surface area contributed by atoms with Gasteiger partial charge in [0.1, 0.15) is 0 Å². The van der Waals surface area contributed by atoms with Crippen LogP contribution in [0, 0.1) is 0 Å². The summed E-state index contributed by atoms with van der Waals surface area (Å²) in [6.45, 7) is 1.09. The molecule has 1 aliphatic heterocycles. The Bertz CT molecular complexity index is 167. The average Bonchev–Trinajstić information content (AvgIpc) is 2.05. The Morgan fingerprint density at radius 3 is 2.42 bits per heavy atom. The van der Waals surface area contributed by atoms with Gasteiger partial charge in [-0.15, -0.1) is 0 Å². The third kappa shape index (κ3) is 2.98. The SMILES string of the molecule is CC1(O)CCN(CC(F)(F)F)C1. The second-order valence-electron chi connectivity index (χ2n) is 3.57. The van der Waals surface area contributed by atoms with Crippen LogP contribution in [0.5, 0.6) is 0 Å². The summed E-state index contributed by atoms with van der Waals surface area (Å²) in [6, 6.07) is 0. The minimum atomic E-state index is -4.15. The summed E-state index contributed by atoms with van der Waals surface area (Å²) >= 11 is 0. The maximum atomic E-state index is 11.8. The fraction of sp³-hybridized carbons (Fsp3) is 1.00.